The van der Waals surface area contributed by atoms with E-state index < -0.39 is 0 Å². The van der Waals surface area contributed by atoms with Gasteiger partial charge in [0.25, 0.3) is 11.9 Å². The van der Waals surface area contributed by atoms with Gasteiger partial charge in [0.15, 0.2) is 5.96 Å². The molecule has 0 radical (unpaired) electrons. The average Bonchev–Trinajstić information content (AvgIpc) is 3.20. The fraction of sp³-hybridized carbons (Fsp3) is 0.125. The third-order valence-electron chi connectivity index (χ3n) is 3.38. The van der Waals surface area contributed by atoms with Crippen molar-refractivity contribution in [3.05, 3.63) is 47.9 Å². The summed E-state index contributed by atoms with van der Waals surface area (Å²) in [6, 6.07) is 10.6. The minimum Gasteiger partial charge on any atom is -0.429 e. The molecule has 0 atom stereocenters. The van der Waals surface area contributed by atoms with Crippen molar-refractivity contribution in [3.63, 3.8) is 0 Å². The number of hydrogen-bond acceptors (Lipinski definition) is 5. The third-order valence-corrected chi connectivity index (χ3v) is 3.38. The first-order valence-electron chi connectivity index (χ1n) is 7.22. The first-order chi connectivity index (χ1) is 11.6. The SMILES string of the molecule is CN=C(N)NC(=O)c1cc2ccc(Oc3ccc(CN)o3)cc2[nH]1. The van der Waals surface area contributed by atoms with Crippen LogP contribution in [0.5, 0.6) is 11.7 Å². The van der Waals surface area contributed by atoms with Gasteiger partial charge < -0.3 is 25.6 Å². The summed E-state index contributed by atoms with van der Waals surface area (Å²) in [5.41, 5.74) is 12.1. The summed E-state index contributed by atoms with van der Waals surface area (Å²) in [5, 5.41) is 3.33. The Balaban J connectivity index is 1.82. The van der Waals surface area contributed by atoms with Crippen molar-refractivity contribution in [2.45, 2.75) is 6.54 Å². The van der Waals surface area contributed by atoms with Crippen LogP contribution in [0.4, 0.5) is 0 Å². The van der Waals surface area contributed by atoms with E-state index in [1.165, 1.54) is 7.05 Å². The van der Waals surface area contributed by atoms with E-state index in [1.807, 2.05) is 6.07 Å². The van der Waals surface area contributed by atoms with Crippen LogP contribution in [-0.4, -0.2) is 23.9 Å². The predicted octanol–water partition coefficient (Wildman–Crippen LogP) is 1.69. The minimum absolute atomic E-state index is 0.0520. The molecule has 1 aromatic carbocycles. The lowest BCUT2D eigenvalue weighted by atomic mass is 10.2. The van der Waals surface area contributed by atoms with Crippen LogP contribution in [0.15, 0.2) is 45.8 Å². The molecule has 0 saturated heterocycles. The molecular formula is C16H17N5O3. The molecule has 2 aromatic heterocycles. The summed E-state index contributed by atoms with van der Waals surface area (Å²) in [6.07, 6.45) is 0. The normalized spacial score (nSPS) is 11.7. The summed E-state index contributed by atoms with van der Waals surface area (Å²) >= 11 is 0. The maximum atomic E-state index is 12.0. The number of nitrogens with zero attached hydrogens (tertiary/aromatic N) is 1. The quantitative estimate of drug-likeness (QED) is 0.427. The molecule has 0 unspecified atom stereocenters. The number of ether oxygens (including phenoxy) is 1. The Kier molecular flexibility index (Phi) is 4.21. The second-order valence-electron chi connectivity index (χ2n) is 5.02. The molecule has 0 fully saturated rings. The van der Waals surface area contributed by atoms with Crippen molar-refractivity contribution in [2.75, 3.05) is 7.05 Å². The molecule has 0 aliphatic rings. The number of amides is 1. The van der Waals surface area contributed by atoms with Crippen molar-refractivity contribution in [3.8, 4) is 11.7 Å². The van der Waals surface area contributed by atoms with Gasteiger partial charge in [-0.1, -0.05) is 0 Å². The van der Waals surface area contributed by atoms with Crippen molar-refractivity contribution < 1.29 is 13.9 Å². The number of rotatable bonds is 4. The van der Waals surface area contributed by atoms with Gasteiger partial charge in [-0.3, -0.25) is 15.1 Å². The molecule has 8 nitrogen and oxygen atoms in total. The maximum Gasteiger partial charge on any atom is 0.290 e. The number of benzene rings is 1. The van der Waals surface area contributed by atoms with E-state index in [4.69, 9.17) is 20.6 Å². The Labute approximate surface area is 137 Å². The van der Waals surface area contributed by atoms with E-state index in [9.17, 15) is 4.79 Å². The molecular weight excluding hydrogens is 310 g/mol. The van der Waals surface area contributed by atoms with Crippen molar-refractivity contribution >= 4 is 22.8 Å². The molecule has 3 aromatic rings. The van der Waals surface area contributed by atoms with Crippen molar-refractivity contribution in [2.24, 2.45) is 16.5 Å². The van der Waals surface area contributed by atoms with Crippen LogP contribution in [-0.2, 0) is 6.54 Å². The maximum absolute atomic E-state index is 12.0. The molecule has 1 amide bonds. The lowest BCUT2D eigenvalue weighted by molar-refractivity contribution is 0.0972. The Morgan fingerprint density at radius 2 is 2.17 bits per heavy atom. The van der Waals surface area contributed by atoms with Gasteiger partial charge in [0.2, 0.25) is 0 Å². The number of hydrogen-bond donors (Lipinski definition) is 4. The van der Waals surface area contributed by atoms with Crippen LogP contribution in [0.2, 0.25) is 0 Å². The number of furan rings is 1. The highest BCUT2D eigenvalue weighted by Crippen LogP contribution is 2.27. The summed E-state index contributed by atoms with van der Waals surface area (Å²) in [7, 11) is 1.50. The first-order valence-corrected chi connectivity index (χ1v) is 7.22. The zero-order valence-electron chi connectivity index (χ0n) is 13.0. The molecule has 2 heterocycles. The van der Waals surface area contributed by atoms with Gasteiger partial charge in [-0.25, -0.2) is 0 Å². The lowest BCUT2D eigenvalue weighted by Gasteiger charge is -2.02. The van der Waals surface area contributed by atoms with Gasteiger partial charge in [0, 0.05) is 30.1 Å². The molecule has 0 aliphatic carbocycles. The Bertz CT molecular complexity index is 909. The Morgan fingerprint density at radius 1 is 1.33 bits per heavy atom. The van der Waals surface area contributed by atoms with Gasteiger partial charge in [0.1, 0.15) is 17.2 Å². The smallest absolute Gasteiger partial charge is 0.290 e. The molecule has 0 saturated carbocycles. The third kappa shape index (κ3) is 3.23. The van der Waals surface area contributed by atoms with E-state index in [1.54, 1.807) is 30.3 Å². The predicted molar refractivity (Wildman–Crippen MR) is 90.0 cm³/mol. The summed E-state index contributed by atoms with van der Waals surface area (Å²) < 4.78 is 11.0. The van der Waals surface area contributed by atoms with Gasteiger partial charge in [0.05, 0.1) is 6.54 Å². The Hall–Kier alpha value is -3.26. The number of nitrogens with one attached hydrogen (secondary N) is 2. The molecule has 8 heteroatoms. The number of nitrogens with two attached hydrogens (primary N) is 2. The number of carbonyl (C=O) groups is 1. The number of aliphatic imine (C=N–C) groups is 1. The molecule has 6 N–H and O–H groups in total. The monoisotopic (exact) mass is 327 g/mol. The number of H-pyrrole nitrogens is 1. The zero-order valence-corrected chi connectivity index (χ0v) is 13.0. The summed E-state index contributed by atoms with van der Waals surface area (Å²) in [6.45, 7) is 0.307. The van der Waals surface area contributed by atoms with E-state index in [2.05, 4.69) is 15.3 Å². The highest BCUT2D eigenvalue weighted by molar-refractivity contribution is 6.06. The van der Waals surface area contributed by atoms with Crippen LogP contribution < -0.4 is 21.5 Å². The topological polar surface area (TPSA) is 132 Å². The molecule has 24 heavy (non-hydrogen) atoms. The van der Waals surface area contributed by atoms with Gasteiger partial charge in [-0.05, 0) is 24.3 Å². The van der Waals surface area contributed by atoms with Crippen LogP contribution >= 0.6 is 0 Å². The van der Waals surface area contributed by atoms with Crippen molar-refractivity contribution in [1.82, 2.24) is 10.3 Å². The number of fused-ring (bicyclic) bond motifs is 1. The average molecular weight is 327 g/mol. The van der Waals surface area contributed by atoms with E-state index in [0.717, 1.165) is 10.9 Å². The van der Waals surface area contributed by atoms with Gasteiger partial charge >= 0.3 is 0 Å². The second kappa shape index (κ2) is 6.47. The standard InChI is InChI=1S/C16H17N5O3/c1-19-16(18)21-15(22)13-6-9-2-3-10(7-12(9)20-13)23-14-5-4-11(8-17)24-14/h2-7,20H,8,17H2,1H3,(H3,18,19,21,22). The first kappa shape index (κ1) is 15.6. The molecule has 0 aliphatic heterocycles. The second-order valence-corrected chi connectivity index (χ2v) is 5.02. The highest BCUT2D eigenvalue weighted by Gasteiger charge is 2.11. The number of aromatic amines is 1. The van der Waals surface area contributed by atoms with Crippen LogP contribution in [0, 0.1) is 0 Å². The summed E-state index contributed by atoms with van der Waals surface area (Å²) in [4.78, 5) is 18.7. The van der Waals surface area contributed by atoms with Gasteiger partial charge in [-0.2, -0.15) is 0 Å². The largest absolute Gasteiger partial charge is 0.429 e. The fourth-order valence-corrected chi connectivity index (χ4v) is 2.17. The Morgan fingerprint density at radius 3 is 2.88 bits per heavy atom. The van der Waals surface area contributed by atoms with Crippen LogP contribution in [0.25, 0.3) is 10.9 Å². The van der Waals surface area contributed by atoms with E-state index in [-0.39, 0.29) is 11.9 Å². The number of carbonyl (C=O) groups excluding carboxylic acids is 1. The van der Waals surface area contributed by atoms with Crippen molar-refractivity contribution in [1.29, 1.82) is 0 Å². The zero-order chi connectivity index (χ0) is 17.1. The number of guanidine groups is 1. The molecule has 0 spiro atoms. The van der Waals surface area contributed by atoms with E-state index in [0.29, 0.717) is 29.7 Å². The highest BCUT2D eigenvalue weighted by atomic mass is 16.6. The van der Waals surface area contributed by atoms with Crippen LogP contribution in [0.3, 0.4) is 0 Å². The van der Waals surface area contributed by atoms with Crippen LogP contribution in [0.1, 0.15) is 16.2 Å². The lowest BCUT2D eigenvalue weighted by Crippen LogP contribution is -2.36. The minimum atomic E-state index is -0.365. The van der Waals surface area contributed by atoms with Gasteiger partial charge in [-0.15, -0.1) is 0 Å². The molecule has 3 rings (SSSR count). The number of aromatic nitrogens is 1. The summed E-state index contributed by atoms with van der Waals surface area (Å²) in [5.74, 6) is 1.25. The fourth-order valence-electron chi connectivity index (χ4n) is 2.17. The van der Waals surface area contributed by atoms with E-state index >= 15 is 0 Å². The molecule has 124 valence electrons. The molecule has 0 bridgehead atoms.